The molecule has 1 saturated heterocycles. The van der Waals surface area contributed by atoms with Crippen molar-refractivity contribution in [3.05, 3.63) is 0 Å². The van der Waals surface area contributed by atoms with Gasteiger partial charge in [-0.3, -0.25) is 4.99 Å². The Kier molecular flexibility index (Phi) is 11.0. The molecule has 0 bridgehead atoms. The van der Waals surface area contributed by atoms with Crippen molar-refractivity contribution < 1.29 is 17.9 Å². The summed E-state index contributed by atoms with van der Waals surface area (Å²) in [5, 5.41) is 3.32. The third kappa shape index (κ3) is 9.39. The summed E-state index contributed by atoms with van der Waals surface area (Å²) in [6.07, 6.45) is 1.78. The molecule has 0 aliphatic carbocycles. The van der Waals surface area contributed by atoms with Crippen molar-refractivity contribution in [1.29, 1.82) is 0 Å². The number of aliphatic imine (C=N–C) groups is 1. The van der Waals surface area contributed by atoms with Crippen LogP contribution in [0.5, 0.6) is 0 Å². The first-order valence-electron chi connectivity index (χ1n) is 9.09. The van der Waals surface area contributed by atoms with E-state index in [9.17, 15) is 8.42 Å². The lowest BCUT2D eigenvalue weighted by atomic mass is 10.1. The minimum atomic E-state index is -3.11. The molecule has 0 radical (unpaired) electrons. The Morgan fingerprint density at radius 2 is 2.12 bits per heavy atom. The van der Waals surface area contributed by atoms with Crippen LogP contribution in [0.25, 0.3) is 0 Å². The Morgan fingerprint density at radius 1 is 1.32 bits per heavy atom. The zero-order valence-electron chi connectivity index (χ0n) is 15.8. The summed E-state index contributed by atoms with van der Waals surface area (Å²) in [6.45, 7) is 9.42. The van der Waals surface area contributed by atoms with Crippen molar-refractivity contribution in [2.45, 2.75) is 26.7 Å². The first-order valence-corrected chi connectivity index (χ1v) is 10.7. The number of nitrogens with zero attached hydrogens (tertiary/aromatic N) is 2. The molecule has 0 spiro atoms. The van der Waals surface area contributed by atoms with E-state index < -0.39 is 10.0 Å². The topological polar surface area (TPSA) is 92.3 Å². The fourth-order valence-electron chi connectivity index (χ4n) is 2.57. The van der Waals surface area contributed by atoms with Crippen LogP contribution in [0.15, 0.2) is 4.99 Å². The lowest BCUT2D eigenvalue weighted by Gasteiger charge is -2.21. The van der Waals surface area contributed by atoms with Gasteiger partial charge in [-0.05, 0) is 26.7 Å². The molecule has 25 heavy (non-hydrogen) atoms. The molecule has 9 heteroatoms. The summed E-state index contributed by atoms with van der Waals surface area (Å²) in [6, 6.07) is 0. The fraction of sp³-hybridized carbons (Fsp3) is 0.938. The van der Waals surface area contributed by atoms with E-state index in [1.54, 1.807) is 14.0 Å². The van der Waals surface area contributed by atoms with Crippen molar-refractivity contribution in [1.82, 2.24) is 14.9 Å². The van der Waals surface area contributed by atoms with Crippen LogP contribution in [0.4, 0.5) is 0 Å². The standard InChI is InChI=1S/C16H34N4O4S/c1-4-17-16(18-8-6-9-19-25(21,22)5-2)20-10-7-15(13-20)14-24-12-11-23-3/h15,19H,4-14H2,1-3H3,(H,17,18). The SMILES string of the molecule is CCNC(=NCCCNS(=O)(=O)CC)N1CCC(COCCOC)C1. The summed E-state index contributed by atoms with van der Waals surface area (Å²) in [7, 11) is -1.44. The molecule has 148 valence electrons. The highest BCUT2D eigenvalue weighted by atomic mass is 32.2. The van der Waals surface area contributed by atoms with Gasteiger partial charge < -0.3 is 19.7 Å². The zero-order chi connectivity index (χ0) is 18.5. The van der Waals surface area contributed by atoms with E-state index in [1.807, 2.05) is 6.92 Å². The second kappa shape index (κ2) is 12.5. The highest BCUT2D eigenvalue weighted by Gasteiger charge is 2.24. The molecule has 0 aromatic rings. The van der Waals surface area contributed by atoms with Crippen LogP contribution in [0.3, 0.4) is 0 Å². The predicted octanol–water partition coefficient (Wildman–Crippen LogP) is 0.266. The highest BCUT2D eigenvalue weighted by Crippen LogP contribution is 2.16. The van der Waals surface area contributed by atoms with E-state index in [2.05, 4.69) is 19.9 Å². The molecule has 0 saturated carbocycles. The Hall–Kier alpha value is -0.900. The number of methoxy groups -OCH3 is 1. The van der Waals surface area contributed by atoms with Crippen molar-refractivity contribution in [3.63, 3.8) is 0 Å². The largest absolute Gasteiger partial charge is 0.382 e. The number of guanidine groups is 1. The second-order valence-electron chi connectivity index (χ2n) is 6.06. The van der Waals surface area contributed by atoms with Gasteiger partial charge in [0.15, 0.2) is 5.96 Å². The van der Waals surface area contributed by atoms with Crippen LogP contribution in [-0.4, -0.2) is 84.7 Å². The molecule has 1 heterocycles. The number of sulfonamides is 1. The van der Waals surface area contributed by atoms with Crippen molar-refractivity contribution in [3.8, 4) is 0 Å². The molecule has 0 aromatic heterocycles. The molecule has 0 aromatic carbocycles. The van der Waals surface area contributed by atoms with Crippen LogP contribution in [0.1, 0.15) is 26.7 Å². The Labute approximate surface area is 152 Å². The van der Waals surface area contributed by atoms with Gasteiger partial charge in [0, 0.05) is 45.8 Å². The van der Waals surface area contributed by atoms with Gasteiger partial charge in [0.25, 0.3) is 0 Å². The first kappa shape index (κ1) is 22.1. The lowest BCUT2D eigenvalue weighted by molar-refractivity contribution is 0.0536. The summed E-state index contributed by atoms with van der Waals surface area (Å²) in [5.41, 5.74) is 0. The zero-order valence-corrected chi connectivity index (χ0v) is 16.6. The van der Waals surface area contributed by atoms with E-state index in [4.69, 9.17) is 9.47 Å². The molecule has 1 atom stereocenters. The molecule has 8 nitrogen and oxygen atoms in total. The first-order chi connectivity index (χ1) is 12.0. The van der Waals surface area contributed by atoms with Crippen LogP contribution < -0.4 is 10.0 Å². The Bertz CT molecular complexity index is 485. The molecule has 0 amide bonds. The van der Waals surface area contributed by atoms with Gasteiger partial charge in [0.2, 0.25) is 10.0 Å². The summed E-state index contributed by atoms with van der Waals surface area (Å²) in [4.78, 5) is 6.87. The highest BCUT2D eigenvalue weighted by molar-refractivity contribution is 7.89. The maximum Gasteiger partial charge on any atom is 0.211 e. The van der Waals surface area contributed by atoms with E-state index in [-0.39, 0.29) is 5.75 Å². The van der Waals surface area contributed by atoms with Crippen molar-refractivity contribution in [2.24, 2.45) is 10.9 Å². The van der Waals surface area contributed by atoms with Gasteiger partial charge >= 0.3 is 0 Å². The third-order valence-corrected chi connectivity index (χ3v) is 5.41. The smallest absolute Gasteiger partial charge is 0.211 e. The van der Waals surface area contributed by atoms with Gasteiger partial charge in [0.05, 0.1) is 25.6 Å². The Morgan fingerprint density at radius 3 is 2.80 bits per heavy atom. The molecular formula is C16H34N4O4S. The minimum absolute atomic E-state index is 0.112. The minimum Gasteiger partial charge on any atom is -0.382 e. The number of ether oxygens (including phenoxy) is 2. The maximum atomic E-state index is 11.4. The van der Waals surface area contributed by atoms with Crippen molar-refractivity contribution >= 4 is 16.0 Å². The molecule has 1 rings (SSSR count). The monoisotopic (exact) mass is 378 g/mol. The van der Waals surface area contributed by atoms with E-state index in [0.717, 1.165) is 38.6 Å². The van der Waals surface area contributed by atoms with Crippen LogP contribution in [-0.2, 0) is 19.5 Å². The fourth-order valence-corrected chi connectivity index (χ4v) is 3.23. The quantitative estimate of drug-likeness (QED) is 0.288. The van der Waals surface area contributed by atoms with Crippen molar-refractivity contribution in [2.75, 3.05) is 65.4 Å². The molecule has 1 aliphatic heterocycles. The van der Waals surface area contributed by atoms with Gasteiger partial charge in [-0.1, -0.05) is 0 Å². The van der Waals surface area contributed by atoms with Gasteiger partial charge in [0.1, 0.15) is 0 Å². The predicted molar refractivity (Wildman–Crippen MR) is 100 cm³/mol. The van der Waals surface area contributed by atoms with E-state index >= 15 is 0 Å². The van der Waals surface area contributed by atoms with Crippen LogP contribution in [0, 0.1) is 5.92 Å². The number of likely N-dealkylation sites (tertiary alicyclic amines) is 1. The Balaban J connectivity index is 2.35. The molecular weight excluding hydrogens is 344 g/mol. The number of rotatable bonds is 12. The summed E-state index contributed by atoms with van der Waals surface area (Å²) in [5.74, 6) is 1.53. The molecule has 1 unspecified atom stereocenters. The summed E-state index contributed by atoms with van der Waals surface area (Å²) < 4.78 is 35.9. The average Bonchev–Trinajstić information content (AvgIpc) is 3.06. The number of nitrogens with one attached hydrogen (secondary N) is 2. The second-order valence-corrected chi connectivity index (χ2v) is 8.15. The van der Waals surface area contributed by atoms with Gasteiger partial charge in [-0.15, -0.1) is 0 Å². The lowest BCUT2D eigenvalue weighted by Crippen LogP contribution is -2.40. The maximum absolute atomic E-state index is 11.4. The average molecular weight is 379 g/mol. The van der Waals surface area contributed by atoms with E-state index in [1.165, 1.54) is 0 Å². The normalized spacial score (nSPS) is 18.8. The van der Waals surface area contributed by atoms with Gasteiger partial charge in [-0.2, -0.15) is 0 Å². The van der Waals surface area contributed by atoms with Crippen LogP contribution in [0.2, 0.25) is 0 Å². The number of hydrogen-bond donors (Lipinski definition) is 2. The third-order valence-electron chi connectivity index (χ3n) is 4.00. The van der Waals surface area contributed by atoms with Crippen LogP contribution >= 0.6 is 0 Å². The molecule has 2 N–H and O–H groups in total. The van der Waals surface area contributed by atoms with E-state index in [0.29, 0.717) is 38.6 Å². The molecule has 1 aliphatic rings. The molecule has 1 fully saturated rings. The summed E-state index contributed by atoms with van der Waals surface area (Å²) >= 11 is 0. The van der Waals surface area contributed by atoms with Gasteiger partial charge in [-0.25, -0.2) is 13.1 Å². The number of hydrogen-bond acceptors (Lipinski definition) is 5.